The maximum atomic E-state index is 13.2. The highest BCUT2D eigenvalue weighted by atomic mass is 16.5. The van der Waals surface area contributed by atoms with Crippen LogP contribution in [0.4, 0.5) is 0 Å². The summed E-state index contributed by atoms with van der Waals surface area (Å²) in [6, 6.07) is 17.0. The third-order valence-corrected chi connectivity index (χ3v) is 4.36. The zero-order valence-corrected chi connectivity index (χ0v) is 13.9. The van der Waals surface area contributed by atoms with Gasteiger partial charge in [0.05, 0.1) is 25.2 Å². The van der Waals surface area contributed by atoms with Gasteiger partial charge in [-0.3, -0.25) is 4.79 Å². The molecule has 0 saturated carbocycles. The average Bonchev–Trinajstić information content (AvgIpc) is 2.67. The second kappa shape index (κ2) is 5.98. The molecule has 0 saturated heterocycles. The summed E-state index contributed by atoms with van der Waals surface area (Å²) in [6.45, 7) is 0. The number of methoxy groups -OCH3 is 2. The van der Waals surface area contributed by atoms with Gasteiger partial charge in [0.2, 0.25) is 5.43 Å². The lowest BCUT2D eigenvalue weighted by Crippen LogP contribution is -2.05. The topological polar surface area (TPSA) is 48.7 Å². The molecule has 4 aromatic rings. The van der Waals surface area contributed by atoms with E-state index in [4.69, 9.17) is 13.9 Å². The van der Waals surface area contributed by atoms with Gasteiger partial charge in [0.1, 0.15) is 11.8 Å². The highest BCUT2D eigenvalue weighted by molar-refractivity contribution is 6.06. The molecular formula is C21H16O4. The molecule has 4 heteroatoms. The Labute approximate surface area is 144 Å². The molecule has 3 aromatic carbocycles. The van der Waals surface area contributed by atoms with Crippen molar-refractivity contribution >= 4 is 21.7 Å². The maximum Gasteiger partial charge on any atom is 0.201 e. The lowest BCUT2D eigenvalue weighted by molar-refractivity contribution is 0.355. The van der Waals surface area contributed by atoms with Crippen LogP contribution in [-0.4, -0.2) is 14.2 Å². The van der Waals surface area contributed by atoms with E-state index in [0.29, 0.717) is 28.0 Å². The van der Waals surface area contributed by atoms with Crippen LogP contribution in [0.5, 0.6) is 11.5 Å². The van der Waals surface area contributed by atoms with Crippen LogP contribution in [0.1, 0.15) is 0 Å². The molecule has 0 N–H and O–H groups in total. The van der Waals surface area contributed by atoms with E-state index in [2.05, 4.69) is 0 Å². The van der Waals surface area contributed by atoms with E-state index in [1.54, 1.807) is 26.4 Å². The summed E-state index contributed by atoms with van der Waals surface area (Å²) in [5.74, 6) is 1.18. The molecule has 0 radical (unpaired) electrons. The van der Waals surface area contributed by atoms with E-state index in [-0.39, 0.29) is 5.43 Å². The smallest absolute Gasteiger partial charge is 0.201 e. The van der Waals surface area contributed by atoms with Crippen LogP contribution >= 0.6 is 0 Å². The Morgan fingerprint density at radius 2 is 1.68 bits per heavy atom. The van der Waals surface area contributed by atoms with Gasteiger partial charge >= 0.3 is 0 Å². The van der Waals surface area contributed by atoms with Gasteiger partial charge in [0.25, 0.3) is 0 Å². The van der Waals surface area contributed by atoms with E-state index < -0.39 is 0 Å². The maximum absolute atomic E-state index is 13.2. The molecule has 1 aromatic heterocycles. The minimum atomic E-state index is -0.0646. The van der Waals surface area contributed by atoms with Crippen molar-refractivity contribution in [1.29, 1.82) is 0 Å². The van der Waals surface area contributed by atoms with Gasteiger partial charge < -0.3 is 13.9 Å². The zero-order chi connectivity index (χ0) is 17.4. The summed E-state index contributed by atoms with van der Waals surface area (Å²) >= 11 is 0. The normalized spacial score (nSPS) is 11.0. The van der Waals surface area contributed by atoms with Crippen LogP contribution in [0.25, 0.3) is 32.9 Å². The first-order valence-corrected chi connectivity index (χ1v) is 7.88. The third kappa shape index (κ3) is 2.43. The quantitative estimate of drug-likeness (QED) is 0.513. The fourth-order valence-corrected chi connectivity index (χ4v) is 3.10. The first-order chi connectivity index (χ1) is 12.2. The van der Waals surface area contributed by atoms with Crippen molar-refractivity contribution in [2.75, 3.05) is 14.2 Å². The minimum absolute atomic E-state index is 0.0646. The Hall–Kier alpha value is -3.27. The Morgan fingerprint density at radius 1 is 0.880 bits per heavy atom. The molecule has 0 atom stereocenters. The van der Waals surface area contributed by atoms with Crippen molar-refractivity contribution in [3.63, 3.8) is 0 Å². The van der Waals surface area contributed by atoms with Gasteiger partial charge in [-0.05, 0) is 34.5 Å². The lowest BCUT2D eigenvalue weighted by Gasteiger charge is -2.10. The van der Waals surface area contributed by atoms with Gasteiger partial charge in [-0.15, -0.1) is 0 Å². The van der Waals surface area contributed by atoms with Gasteiger partial charge in [0, 0.05) is 0 Å². The number of hydrogen-bond acceptors (Lipinski definition) is 4. The SMILES string of the molecule is COc1ccc(-c2coc3ccc4ccccc4c3c2=O)cc1OC. The number of benzene rings is 3. The summed E-state index contributed by atoms with van der Waals surface area (Å²) in [5, 5.41) is 2.48. The van der Waals surface area contributed by atoms with Crippen molar-refractivity contribution in [2.24, 2.45) is 0 Å². The molecule has 0 spiro atoms. The molecule has 0 unspecified atom stereocenters. The van der Waals surface area contributed by atoms with Crippen LogP contribution < -0.4 is 14.9 Å². The average molecular weight is 332 g/mol. The number of rotatable bonds is 3. The van der Waals surface area contributed by atoms with E-state index in [9.17, 15) is 4.79 Å². The standard InChI is InChI=1S/C21H16O4/c1-23-17-9-8-14(11-19(17)24-2)16-12-25-18-10-7-13-5-3-4-6-15(13)20(18)21(16)22/h3-12H,1-2H3. The Morgan fingerprint density at radius 3 is 2.48 bits per heavy atom. The number of fused-ring (bicyclic) bond motifs is 3. The fraction of sp³-hybridized carbons (Fsp3) is 0.0952. The molecule has 0 aliphatic carbocycles. The van der Waals surface area contributed by atoms with Gasteiger partial charge in [-0.25, -0.2) is 0 Å². The molecule has 0 bridgehead atoms. The minimum Gasteiger partial charge on any atom is -0.493 e. The van der Waals surface area contributed by atoms with Crippen LogP contribution in [0.15, 0.2) is 70.1 Å². The number of hydrogen-bond donors (Lipinski definition) is 0. The molecule has 124 valence electrons. The zero-order valence-electron chi connectivity index (χ0n) is 13.9. The second-order valence-electron chi connectivity index (χ2n) is 5.71. The van der Waals surface area contributed by atoms with Crippen molar-refractivity contribution in [3.05, 3.63) is 71.1 Å². The summed E-state index contributed by atoms with van der Waals surface area (Å²) in [5.41, 5.74) is 1.73. The fourth-order valence-electron chi connectivity index (χ4n) is 3.10. The van der Waals surface area contributed by atoms with E-state index in [0.717, 1.165) is 16.3 Å². The molecule has 0 amide bonds. The van der Waals surface area contributed by atoms with E-state index >= 15 is 0 Å². The molecule has 0 fully saturated rings. The van der Waals surface area contributed by atoms with Crippen LogP contribution in [0.2, 0.25) is 0 Å². The molecule has 4 rings (SSSR count). The molecule has 0 aliphatic rings. The largest absolute Gasteiger partial charge is 0.493 e. The van der Waals surface area contributed by atoms with Crippen molar-refractivity contribution in [3.8, 4) is 22.6 Å². The van der Waals surface area contributed by atoms with Gasteiger partial charge in [-0.2, -0.15) is 0 Å². The predicted octanol–water partition coefficient (Wildman–Crippen LogP) is 4.63. The Kier molecular flexibility index (Phi) is 3.65. The van der Waals surface area contributed by atoms with Crippen molar-refractivity contribution in [2.45, 2.75) is 0 Å². The highest BCUT2D eigenvalue weighted by Gasteiger charge is 2.14. The number of ether oxygens (including phenoxy) is 2. The van der Waals surface area contributed by atoms with E-state index in [1.165, 1.54) is 6.26 Å². The summed E-state index contributed by atoms with van der Waals surface area (Å²) in [6.07, 6.45) is 1.50. The van der Waals surface area contributed by atoms with Crippen LogP contribution in [-0.2, 0) is 0 Å². The first-order valence-electron chi connectivity index (χ1n) is 7.88. The lowest BCUT2D eigenvalue weighted by atomic mass is 10.0. The molecular weight excluding hydrogens is 316 g/mol. The third-order valence-electron chi connectivity index (χ3n) is 4.36. The first kappa shape index (κ1) is 15.3. The Bertz CT molecular complexity index is 1140. The summed E-state index contributed by atoms with van der Waals surface area (Å²) in [7, 11) is 3.14. The highest BCUT2D eigenvalue weighted by Crippen LogP contribution is 2.32. The van der Waals surface area contributed by atoms with Gasteiger partial charge in [0.15, 0.2) is 11.5 Å². The summed E-state index contributed by atoms with van der Waals surface area (Å²) < 4.78 is 16.3. The Balaban J connectivity index is 2.02. The summed E-state index contributed by atoms with van der Waals surface area (Å²) in [4.78, 5) is 13.2. The van der Waals surface area contributed by atoms with Crippen LogP contribution in [0, 0.1) is 0 Å². The van der Waals surface area contributed by atoms with E-state index in [1.807, 2.05) is 42.5 Å². The predicted molar refractivity (Wildman–Crippen MR) is 98.5 cm³/mol. The van der Waals surface area contributed by atoms with Crippen LogP contribution in [0.3, 0.4) is 0 Å². The van der Waals surface area contributed by atoms with Crippen molar-refractivity contribution < 1.29 is 13.9 Å². The second-order valence-corrected chi connectivity index (χ2v) is 5.71. The molecule has 0 aliphatic heterocycles. The molecule has 1 heterocycles. The molecule has 4 nitrogen and oxygen atoms in total. The van der Waals surface area contributed by atoms with Crippen molar-refractivity contribution in [1.82, 2.24) is 0 Å². The van der Waals surface area contributed by atoms with Gasteiger partial charge in [-0.1, -0.05) is 36.4 Å². The monoisotopic (exact) mass is 332 g/mol. The molecule has 25 heavy (non-hydrogen) atoms.